The fourth-order valence-corrected chi connectivity index (χ4v) is 3.28. The number of nitrogens with one attached hydrogen (secondary N) is 2. The van der Waals surface area contributed by atoms with Crippen molar-refractivity contribution in [2.75, 3.05) is 39.8 Å². The van der Waals surface area contributed by atoms with Crippen LogP contribution in [0.1, 0.15) is 19.4 Å². The number of hydrogen-bond acceptors (Lipinski definition) is 4. The smallest absolute Gasteiger partial charge is 0.405 e. The Kier molecular flexibility index (Phi) is 7.11. The average molecular weight is 387 g/mol. The number of alkyl halides is 3. The summed E-state index contributed by atoms with van der Waals surface area (Å²) in [6, 6.07) is 5.65. The summed E-state index contributed by atoms with van der Waals surface area (Å²) in [4.78, 5) is 14.0. The minimum absolute atomic E-state index is 0.310. The molecule has 8 heteroatoms. The largest absolute Gasteiger partial charge is 0.496 e. The molecular weight excluding hydrogens is 359 g/mol. The van der Waals surface area contributed by atoms with Crippen LogP contribution in [0.25, 0.3) is 0 Å². The highest BCUT2D eigenvalue weighted by Crippen LogP contribution is 2.29. The predicted molar refractivity (Wildman–Crippen MR) is 97.8 cm³/mol. The van der Waals surface area contributed by atoms with E-state index in [-0.39, 0.29) is 0 Å². The lowest BCUT2D eigenvalue weighted by Crippen LogP contribution is -2.58. The Bertz CT molecular complexity index is 629. The van der Waals surface area contributed by atoms with E-state index in [0.29, 0.717) is 38.3 Å². The van der Waals surface area contributed by atoms with Gasteiger partial charge in [-0.25, -0.2) is 0 Å². The van der Waals surface area contributed by atoms with Crippen LogP contribution < -0.4 is 15.4 Å². The molecule has 2 rings (SSSR count). The van der Waals surface area contributed by atoms with Crippen LogP contribution in [0, 0.1) is 5.41 Å². The molecule has 1 aliphatic rings. The molecule has 0 saturated carbocycles. The van der Waals surface area contributed by atoms with Gasteiger partial charge in [-0.2, -0.15) is 13.2 Å². The van der Waals surface area contributed by atoms with E-state index in [1.807, 2.05) is 18.2 Å². The molecule has 1 amide bonds. The highest BCUT2D eigenvalue weighted by molar-refractivity contribution is 5.82. The topological polar surface area (TPSA) is 53.6 Å². The van der Waals surface area contributed by atoms with E-state index in [4.69, 9.17) is 4.74 Å². The molecule has 0 aromatic heterocycles. The second-order valence-electron chi connectivity index (χ2n) is 7.43. The molecule has 5 nitrogen and oxygen atoms in total. The first kappa shape index (κ1) is 21.5. The Morgan fingerprint density at radius 1 is 1.26 bits per heavy atom. The van der Waals surface area contributed by atoms with Gasteiger partial charge < -0.3 is 15.4 Å². The van der Waals surface area contributed by atoms with Crippen molar-refractivity contribution in [2.24, 2.45) is 5.41 Å². The number of halogens is 3. The Hall–Kier alpha value is -1.80. The number of hydrogen-bond donors (Lipinski definition) is 2. The molecule has 1 unspecified atom stereocenters. The summed E-state index contributed by atoms with van der Waals surface area (Å²) >= 11 is 0. The fourth-order valence-electron chi connectivity index (χ4n) is 3.28. The fraction of sp³-hybridized carbons (Fsp3) is 0.632. The zero-order valence-corrected chi connectivity index (χ0v) is 16.0. The van der Waals surface area contributed by atoms with Crippen molar-refractivity contribution < 1.29 is 22.7 Å². The van der Waals surface area contributed by atoms with Crippen LogP contribution in [0.3, 0.4) is 0 Å². The molecule has 1 saturated heterocycles. The monoisotopic (exact) mass is 387 g/mol. The molecular formula is C19H28F3N3O2. The van der Waals surface area contributed by atoms with Gasteiger partial charge in [-0.3, -0.25) is 9.69 Å². The second-order valence-corrected chi connectivity index (χ2v) is 7.43. The molecule has 0 radical (unpaired) electrons. The number of para-hydroxylation sites is 1. The number of nitrogens with zero attached hydrogens (tertiary/aromatic N) is 1. The molecule has 1 aliphatic heterocycles. The normalized spacial score (nSPS) is 17.4. The third-order valence-electron chi connectivity index (χ3n) is 4.87. The maximum absolute atomic E-state index is 13.5. The molecule has 0 bridgehead atoms. The van der Waals surface area contributed by atoms with Crippen LogP contribution >= 0.6 is 0 Å². The van der Waals surface area contributed by atoms with Gasteiger partial charge in [0.15, 0.2) is 0 Å². The van der Waals surface area contributed by atoms with Gasteiger partial charge in [0, 0.05) is 38.1 Å². The summed E-state index contributed by atoms with van der Waals surface area (Å²) < 4.78 is 45.7. The van der Waals surface area contributed by atoms with Crippen LogP contribution in [0.15, 0.2) is 24.3 Å². The number of rotatable bonds is 7. The van der Waals surface area contributed by atoms with Crippen LogP contribution in [-0.4, -0.2) is 62.9 Å². The summed E-state index contributed by atoms with van der Waals surface area (Å²) in [5.41, 5.74) is -0.0246. The first-order chi connectivity index (χ1) is 12.6. The van der Waals surface area contributed by atoms with Gasteiger partial charge >= 0.3 is 6.18 Å². The third-order valence-corrected chi connectivity index (χ3v) is 4.87. The van der Waals surface area contributed by atoms with E-state index in [0.717, 1.165) is 5.56 Å². The molecule has 1 heterocycles. The van der Waals surface area contributed by atoms with Crippen molar-refractivity contribution in [1.29, 1.82) is 0 Å². The van der Waals surface area contributed by atoms with Crippen molar-refractivity contribution in [1.82, 2.24) is 15.5 Å². The summed E-state index contributed by atoms with van der Waals surface area (Å²) in [6.07, 6.45) is -4.02. The van der Waals surface area contributed by atoms with Crippen molar-refractivity contribution in [3.63, 3.8) is 0 Å². The Balaban J connectivity index is 2.02. The lowest BCUT2D eigenvalue weighted by Gasteiger charge is -2.36. The lowest BCUT2D eigenvalue weighted by molar-refractivity contribution is -0.184. The Morgan fingerprint density at radius 3 is 2.48 bits per heavy atom. The first-order valence-corrected chi connectivity index (χ1v) is 9.07. The van der Waals surface area contributed by atoms with Gasteiger partial charge in [0.2, 0.25) is 5.91 Å². The third kappa shape index (κ3) is 5.84. The van der Waals surface area contributed by atoms with Gasteiger partial charge in [-0.1, -0.05) is 32.0 Å². The van der Waals surface area contributed by atoms with Crippen LogP contribution in [-0.2, 0) is 11.2 Å². The van der Waals surface area contributed by atoms with Crippen molar-refractivity contribution >= 4 is 5.91 Å². The van der Waals surface area contributed by atoms with E-state index >= 15 is 0 Å². The highest BCUT2D eigenvalue weighted by atomic mass is 19.4. The van der Waals surface area contributed by atoms with Crippen LogP contribution in [0.2, 0.25) is 0 Å². The molecule has 1 aromatic rings. The van der Waals surface area contributed by atoms with Gasteiger partial charge in [0.1, 0.15) is 11.8 Å². The standard InChI is InChI=1S/C19H28F3N3O2/c1-18(2,12-14-6-4-5-7-15(14)27-3)17(26)24-13-16(19(20,21)22)25-10-8-23-9-11-25/h4-7,16,23H,8-13H2,1-3H3,(H,24,26). The lowest BCUT2D eigenvalue weighted by atomic mass is 9.84. The summed E-state index contributed by atoms with van der Waals surface area (Å²) in [7, 11) is 1.55. The number of carbonyl (C=O) groups excluding carboxylic acids is 1. The van der Waals surface area contributed by atoms with E-state index in [2.05, 4.69) is 10.6 Å². The second kappa shape index (κ2) is 8.93. The van der Waals surface area contributed by atoms with Gasteiger partial charge in [-0.05, 0) is 18.1 Å². The van der Waals surface area contributed by atoms with Crippen LogP contribution in [0.4, 0.5) is 13.2 Å². The predicted octanol–water partition coefficient (Wildman–Crippen LogP) is 2.22. The molecule has 2 N–H and O–H groups in total. The highest BCUT2D eigenvalue weighted by Gasteiger charge is 2.44. The summed E-state index contributed by atoms with van der Waals surface area (Å²) in [5.74, 6) is 0.255. The molecule has 1 fully saturated rings. The van der Waals surface area contributed by atoms with E-state index in [1.165, 1.54) is 4.90 Å². The van der Waals surface area contributed by atoms with Crippen molar-refractivity contribution in [2.45, 2.75) is 32.5 Å². The number of benzene rings is 1. The van der Waals surface area contributed by atoms with Gasteiger partial charge in [-0.15, -0.1) is 0 Å². The number of piperazine rings is 1. The summed E-state index contributed by atoms with van der Waals surface area (Å²) in [5, 5.41) is 5.56. The minimum atomic E-state index is -4.39. The maximum atomic E-state index is 13.5. The first-order valence-electron chi connectivity index (χ1n) is 9.07. The summed E-state index contributed by atoms with van der Waals surface area (Å²) in [6.45, 7) is 4.65. The van der Waals surface area contributed by atoms with Gasteiger partial charge in [0.05, 0.1) is 7.11 Å². The molecule has 152 valence electrons. The van der Waals surface area contributed by atoms with Crippen molar-refractivity contribution in [3.8, 4) is 5.75 Å². The van der Waals surface area contributed by atoms with E-state index in [9.17, 15) is 18.0 Å². The molecule has 0 aliphatic carbocycles. The minimum Gasteiger partial charge on any atom is -0.496 e. The van der Waals surface area contributed by atoms with Gasteiger partial charge in [0.25, 0.3) is 0 Å². The zero-order valence-electron chi connectivity index (χ0n) is 16.0. The average Bonchev–Trinajstić information content (AvgIpc) is 2.61. The number of ether oxygens (including phenoxy) is 1. The van der Waals surface area contributed by atoms with E-state index < -0.39 is 30.1 Å². The SMILES string of the molecule is COc1ccccc1CC(C)(C)C(=O)NCC(N1CCNCC1)C(F)(F)F. The van der Waals surface area contributed by atoms with Crippen LogP contribution in [0.5, 0.6) is 5.75 Å². The zero-order chi connectivity index (χ0) is 20.1. The Labute approximate surface area is 158 Å². The Morgan fingerprint density at radius 2 is 1.89 bits per heavy atom. The number of methoxy groups -OCH3 is 1. The molecule has 0 spiro atoms. The number of carbonyl (C=O) groups is 1. The number of amides is 1. The molecule has 27 heavy (non-hydrogen) atoms. The van der Waals surface area contributed by atoms with Crippen molar-refractivity contribution in [3.05, 3.63) is 29.8 Å². The quantitative estimate of drug-likeness (QED) is 0.753. The van der Waals surface area contributed by atoms with E-state index in [1.54, 1.807) is 27.0 Å². The molecule has 1 aromatic carbocycles. The molecule has 1 atom stereocenters. The maximum Gasteiger partial charge on any atom is 0.405 e.